The fraction of sp³-hybridized carbons (Fsp3) is 0.800. The maximum absolute atomic E-state index is 10.7. The molecule has 0 rings (SSSR count). The van der Waals surface area contributed by atoms with Crippen LogP contribution in [0, 0.1) is 0 Å². The van der Waals surface area contributed by atoms with Crippen LogP contribution in [0.2, 0.25) is 0 Å². The van der Waals surface area contributed by atoms with E-state index in [1.807, 2.05) is 0 Å². The van der Waals surface area contributed by atoms with E-state index in [9.17, 15) is 9.36 Å². The minimum Gasteiger partial charge on any atom is -0.345 e. The Morgan fingerprint density at radius 3 is 2.11 bits per heavy atom. The van der Waals surface area contributed by atoms with Crippen molar-refractivity contribution in [2.75, 3.05) is 26.9 Å². The molecule has 0 aromatic heterocycles. The second kappa shape index (κ2) is 3.57. The van der Waals surface area contributed by atoms with Crippen molar-refractivity contribution < 1.29 is 9.36 Å². The Labute approximate surface area is 55.8 Å². The van der Waals surface area contributed by atoms with Gasteiger partial charge < -0.3 is 4.90 Å². The average molecular weight is 148 g/mol. The van der Waals surface area contributed by atoms with Crippen molar-refractivity contribution in [3.63, 3.8) is 0 Å². The van der Waals surface area contributed by atoms with E-state index in [4.69, 9.17) is 0 Å². The van der Waals surface area contributed by atoms with Gasteiger partial charge in [-0.05, 0) is 0 Å². The molecule has 0 saturated heterocycles. The average Bonchev–Trinajstić information content (AvgIpc) is 1.63. The minimum absolute atomic E-state index is 0.0707. The highest BCUT2D eigenvalue weighted by atomic mass is 31.1. The summed E-state index contributed by atoms with van der Waals surface area (Å²) in [5, 5.41) is 0. The maximum atomic E-state index is 10.7. The summed E-state index contributed by atoms with van der Waals surface area (Å²) in [7, 11) is 1.99. The van der Waals surface area contributed by atoms with Crippen LogP contribution < -0.4 is 0 Å². The van der Waals surface area contributed by atoms with Gasteiger partial charge in [-0.2, -0.15) is 0 Å². The minimum atomic E-state index is -1.31. The zero-order chi connectivity index (χ0) is 7.44. The van der Waals surface area contributed by atoms with Gasteiger partial charge in [-0.15, -0.1) is 0 Å². The van der Waals surface area contributed by atoms with Crippen LogP contribution >= 0.6 is 7.80 Å². The summed E-state index contributed by atoms with van der Waals surface area (Å²) in [6.07, 6.45) is 0.169. The van der Waals surface area contributed by atoms with E-state index >= 15 is 0 Å². The molecular formula is C5H11NO2P+. The van der Waals surface area contributed by atoms with Crippen LogP contribution in [0.5, 0.6) is 0 Å². The number of carbonyl (C=O) groups is 1. The Hall–Kier alpha value is -0.430. The Kier molecular flexibility index (Phi) is 3.40. The van der Waals surface area contributed by atoms with Crippen LogP contribution in [0.1, 0.15) is 0 Å². The highest BCUT2D eigenvalue weighted by Crippen LogP contribution is 2.12. The smallest absolute Gasteiger partial charge is 0.345 e. The third-order valence-corrected chi connectivity index (χ3v) is 1.57. The van der Waals surface area contributed by atoms with E-state index in [-0.39, 0.29) is 12.1 Å². The van der Waals surface area contributed by atoms with Crippen LogP contribution in [0.25, 0.3) is 0 Å². The van der Waals surface area contributed by atoms with Crippen molar-refractivity contribution in [3.8, 4) is 0 Å². The largest absolute Gasteiger partial charge is 0.345 e. The lowest BCUT2D eigenvalue weighted by atomic mass is 10.6. The van der Waals surface area contributed by atoms with Crippen LogP contribution in [0.3, 0.4) is 0 Å². The van der Waals surface area contributed by atoms with Crippen molar-refractivity contribution >= 4 is 13.7 Å². The van der Waals surface area contributed by atoms with Crippen LogP contribution in [0.15, 0.2) is 0 Å². The van der Waals surface area contributed by atoms with E-state index in [1.165, 1.54) is 4.90 Å². The van der Waals surface area contributed by atoms with Crippen molar-refractivity contribution in [2.24, 2.45) is 0 Å². The molecule has 0 bridgehead atoms. The zero-order valence-corrected chi connectivity index (χ0v) is 6.81. The normalized spacial score (nSPS) is 10.8. The van der Waals surface area contributed by atoms with Gasteiger partial charge in [0.2, 0.25) is 6.16 Å². The molecule has 0 aromatic carbocycles. The molecule has 1 amide bonds. The predicted octanol–water partition coefficient (Wildman–Crippen LogP) is 0.532. The second-order valence-electron chi connectivity index (χ2n) is 2.07. The third kappa shape index (κ3) is 4.10. The Bertz CT molecular complexity index is 133. The molecule has 0 radical (unpaired) electrons. The first-order chi connectivity index (χ1) is 4.04. The summed E-state index contributed by atoms with van der Waals surface area (Å²) in [5.74, 6) is -0.0707. The van der Waals surface area contributed by atoms with Crippen molar-refractivity contribution in [3.05, 3.63) is 0 Å². The van der Waals surface area contributed by atoms with Gasteiger partial charge in [0.15, 0.2) is 0 Å². The van der Waals surface area contributed by atoms with E-state index in [0.717, 1.165) is 0 Å². The molecule has 0 heterocycles. The van der Waals surface area contributed by atoms with Gasteiger partial charge in [-0.25, -0.2) is 0 Å². The van der Waals surface area contributed by atoms with Gasteiger partial charge in [-0.3, -0.25) is 4.79 Å². The molecule has 1 atom stereocenters. The molecule has 52 valence electrons. The highest BCUT2D eigenvalue weighted by Gasteiger charge is 2.14. The summed E-state index contributed by atoms with van der Waals surface area (Å²) in [4.78, 5) is 12.1. The van der Waals surface area contributed by atoms with Gasteiger partial charge in [0, 0.05) is 14.1 Å². The molecule has 0 aliphatic rings. The van der Waals surface area contributed by atoms with Crippen LogP contribution in [-0.4, -0.2) is 37.7 Å². The first-order valence-corrected chi connectivity index (χ1v) is 4.51. The molecule has 0 N–H and O–H groups in total. The lowest BCUT2D eigenvalue weighted by Gasteiger charge is -2.03. The standard InChI is InChI=1S/C5H11NO2P/c1-6(2)5(7)4-9(3)8/h4H2,1-3H3/q+1. The van der Waals surface area contributed by atoms with E-state index < -0.39 is 7.80 Å². The topological polar surface area (TPSA) is 37.4 Å². The van der Waals surface area contributed by atoms with Crippen LogP contribution in [-0.2, 0) is 9.36 Å². The molecule has 0 saturated carbocycles. The number of rotatable bonds is 2. The lowest BCUT2D eigenvalue weighted by molar-refractivity contribution is -0.125. The summed E-state index contributed by atoms with van der Waals surface area (Å²) >= 11 is 0. The number of amides is 1. The van der Waals surface area contributed by atoms with E-state index in [1.54, 1.807) is 20.8 Å². The SMILES string of the molecule is CN(C)C(=O)C[P+](C)=O. The molecule has 0 aliphatic carbocycles. The summed E-state index contributed by atoms with van der Waals surface area (Å²) in [6, 6.07) is 0. The van der Waals surface area contributed by atoms with Gasteiger partial charge in [0.05, 0.1) is 0 Å². The summed E-state index contributed by atoms with van der Waals surface area (Å²) < 4.78 is 10.5. The molecule has 1 unspecified atom stereocenters. The lowest BCUT2D eigenvalue weighted by Crippen LogP contribution is -2.23. The van der Waals surface area contributed by atoms with Crippen molar-refractivity contribution in [2.45, 2.75) is 0 Å². The van der Waals surface area contributed by atoms with Crippen LogP contribution in [0.4, 0.5) is 0 Å². The number of hydrogen-bond acceptors (Lipinski definition) is 2. The number of carbonyl (C=O) groups excluding carboxylic acids is 1. The fourth-order valence-corrected chi connectivity index (χ4v) is 0.996. The van der Waals surface area contributed by atoms with E-state index in [2.05, 4.69) is 0 Å². The summed E-state index contributed by atoms with van der Waals surface area (Å²) in [5.41, 5.74) is 0. The van der Waals surface area contributed by atoms with Gasteiger partial charge in [0.1, 0.15) is 6.66 Å². The second-order valence-corrected chi connectivity index (χ2v) is 3.65. The summed E-state index contributed by atoms with van der Waals surface area (Å²) in [6.45, 7) is 1.55. The molecule has 3 nitrogen and oxygen atoms in total. The fourth-order valence-electron chi connectivity index (χ4n) is 0.332. The monoisotopic (exact) mass is 148 g/mol. The molecule has 4 heteroatoms. The molecule has 0 fully saturated rings. The van der Waals surface area contributed by atoms with Crippen molar-refractivity contribution in [1.29, 1.82) is 0 Å². The zero-order valence-electron chi connectivity index (χ0n) is 5.92. The molecule has 0 aromatic rings. The maximum Gasteiger partial charge on any atom is 0.345 e. The highest BCUT2D eigenvalue weighted by molar-refractivity contribution is 7.44. The van der Waals surface area contributed by atoms with Gasteiger partial charge in [-0.1, -0.05) is 4.57 Å². The van der Waals surface area contributed by atoms with E-state index in [0.29, 0.717) is 0 Å². The third-order valence-electron chi connectivity index (χ3n) is 0.857. The van der Waals surface area contributed by atoms with Gasteiger partial charge in [0.25, 0.3) is 5.91 Å². The number of nitrogens with zero attached hydrogens (tertiary/aromatic N) is 1. The quantitative estimate of drug-likeness (QED) is 0.536. The first-order valence-electron chi connectivity index (χ1n) is 2.62. The number of hydrogen-bond donors (Lipinski definition) is 0. The molecule has 0 aliphatic heterocycles. The Morgan fingerprint density at radius 2 is 2.00 bits per heavy atom. The predicted molar refractivity (Wildman–Crippen MR) is 37.1 cm³/mol. The molecular weight excluding hydrogens is 137 g/mol. The Balaban J connectivity index is 3.64. The van der Waals surface area contributed by atoms with Gasteiger partial charge >= 0.3 is 7.80 Å². The first kappa shape index (κ1) is 8.57. The molecule has 9 heavy (non-hydrogen) atoms. The Morgan fingerprint density at radius 1 is 1.56 bits per heavy atom. The molecule has 0 spiro atoms. The van der Waals surface area contributed by atoms with Crippen molar-refractivity contribution in [1.82, 2.24) is 4.90 Å².